The normalized spacial score (nSPS) is 20.1. The highest BCUT2D eigenvalue weighted by atomic mass is 19.1. The van der Waals surface area contributed by atoms with Crippen LogP contribution in [0.25, 0.3) is 0 Å². The lowest BCUT2D eigenvalue weighted by Crippen LogP contribution is -2.53. The number of oxime groups is 1. The number of amides is 2. The van der Waals surface area contributed by atoms with Crippen molar-refractivity contribution in [3.8, 4) is 0 Å². The fraction of sp³-hybridized carbons (Fsp3) is 0.526. The largest absolute Gasteiger partial charge is 0.444 e. The lowest BCUT2D eigenvalue weighted by atomic mass is 10.0. The quantitative estimate of drug-likeness (QED) is 0.793. The lowest BCUT2D eigenvalue weighted by molar-refractivity contribution is -0.143. The van der Waals surface area contributed by atoms with E-state index in [2.05, 4.69) is 5.16 Å². The zero-order valence-electron chi connectivity index (χ0n) is 15.8. The van der Waals surface area contributed by atoms with Crippen LogP contribution in [0.4, 0.5) is 9.18 Å². The molecule has 0 unspecified atom stereocenters. The van der Waals surface area contributed by atoms with Gasteiger partial charge in [-0.05, 0) is 32.9 Å². The number of carbonyl (C=O) groups is 2. The van der Waals surface area contributed by atoms with Crippen LogP contribution in [0.5, 0.6) is 0 Å². The van der Waals surface area contributed by atoms with Gasteiger partial charge in [0.05, 0.1) is 5.71 Å². The summed E-state index contributed by atoms with van der Waals surface area (Å²) < 4.78 is 18.7. The second-order valence-electron chi connectivity index (χ2n) is 7.64. The third-order valence-corrected chi connectivity index (χ3v) is 4.35. The average molecular weight is 377 g/mol. The van der Waals surface area contributed by atoms with E-state index in [0.717, 1.165) is 0 Å². The second kappa shape index (κ2) is 7.54. The molecule has 8 heteroatoms. The van der Waals surface area contributed by atoms with E-state index in [1.165, 1.54) is 12.1 Å². The zero-order chi connectivity index (χ0) is 19.6. The molecule has 3 rings (SSSR count). The van der Waals surface area contributed by atoms with Crippen LogP contribution in [-0.4, -0.2) is 65.4 Å². The van der Waals surface area contributed by atoms with E-state index >= 15 is 0 Å². The maximum atomic E-state index is 13.4. The first-order chi connectivity index (χ1) is 12.7. The van der Waals surface area contributed by atoms with Crippen molar-refractivity contribution in [3.05, 3.63) is 35.6 Å². The molecule has 27 heavy (non-hydrogen) atoms. The number of benzene rings is 1. The molecule has 1 atom stereocenters. The van der Waals surface area contributed by atoms with Crippen molar-refractivity contribution in [1.29, 1.82) is 0 Å². The Balaban J connectivity index is 1.51. The van der Waals surface area contributed by atoms with Crippen molar-refractivity contribution in [2.75, 3.05) is 26.2 Å². The van der Waals surface area contributed by atoms with Crippen molar-refractivity contribution in [1.82, 2.24) is 9.80 Å². The number of carbonyl (C=O) groups excluding carboxylic acids is 2. The highest BCUT2D eigenvalue weighted by molar-refractivity contribution is 6.04. The Morgan fingerprint density at radius 1 is 1.19 bits per heavy atom. The van der Waals surface area contributed by atoms with Crippen molar-refractivity contribution in [2.24, 2.45) is 5.16 Å². The van der Waals surface area contributed by atoms with Crippen LogP contribution in [0, 0.1) is 5.82 Å². The van der Waals surface area contributed by atoms with Gasteiger partial charge in [-0.2, -0.15) is 0 Å². The highest BCUT2D eigenvalue weighted by Crippen LogP contribution is 2.20. The van der Waals surface area contributed by atoms with E-state index in [1.807, 2.05) is 20.8 Å². The number of ether oxygens (including phenoxy) is 1. The summed E-state index contributed by atoms with van der Waals surface area (Å²) in [6.45, 7) is 7.09. The van der Waals surface area contributed by atoms with Crippen LogP contribution < -0.4 is 0 Å². The Bertz CT molecular complexity index is 752. The highest BCUT2D eigenvalue weighted by Gasteiger charge is 2.35. The van der Waals surface area contributed by atoms with Crippen molar-refractivity contribution >= 4 is 17.7 Å². The molecule has 1 aromatic carbocycles. The summed E-state index contributed by atoms with van der Waals surface area (Å²) in [4.78, 5) is 33.3. The van der Waals surface area contributed by atoms with E-state index in [0.29, 0.717) is 43.9 Å². The van der Waals surface area contributed by atoms with Crippen molar-refractivity contribution in [3.63, 3.8) is 0 Å². The standard InChI is InChI=1S/C19H24FN3O4/c1-19(2,3)26-18(25)23-9-7-22(8-10-23)17(24)16-12-15(21-27-16)13-5-4-6-14(20)11-13/h4-6,11,16H,7-10,12H2,1-3H3/t16-/m1/s1. The summed E-state index contributed by atoms with van der Waals surface area (Å²) in [6, 6.07) is 6.05. The minimum absolute atomic E-state index is 0.172. The molecule has 1 saturated heterocycles. The summed E-state index contributed by atoms with van der Waals surface area (Å²) in [5.74, 6) is -0.530. The SMILES string of the molecule is CC(C)(C)OC(=O)N1CCN(C(=O)[C@H]2CC(c3cccc(F)c3)=NO2)CC1. The molecule has 7 nitrogen and oxygen atoms in total. The molecule has 0 spiro atoms. The second-order valence-corrected chi connectivity index (χ2v) is 7.64. The fourth-order valence-electron chi connectivity index (χ4n) is 2.99. The van der Waals surface area contributed by atoms with Gasteiger partial charge in [0.1, 0.15) is 11.4 Å². The van der Waals surface area contributed by atoms with E-state index < -0.39 is 11.7 Å². The Hall–Kier alpha value is -2.64. The molecule has 2 aliphatic heterocycles. The third-order valence-electron chi connectivity index (χ3n) is 4.35. The predicted octanol–water partition coefficient (Wildman–Crippen LogP) is 2.40. The lowest BCUT2D eigenvalue weighted by Gasteiger charge is -2.36. The molecule has 1 aromatic rings. The van der Waals surface area contributed by atoms with Gasteiger partial charge >= 0.3 is 6.09 Å². The van der Waals surface area contributed by atoms with Gasteiger partial charge < -0.3 is 19.4 Å². The summed E-state index contributed by atoms with van der Waals surface area (Å²) >= 11 is 0. The molecule has 2 amide bonds. The Morgan fingerprint density at radius 2 is 1.85 bits per heavy atom. The van der Waals surface area contributed by atoms with Crippen LogP contribution in [-0.2, 0) is 14.4 Å². The maximum absolute atomic E-state index is 13.4. The molecule has 2 aliphatic rings. The third kappa shape index (κ3) is 4.75. The minimum Gasteiger partial charge on any atom is -0.444 e. The van der Waals surface area contributed by atoms with Gasteiger partial charge in [0, 0.05) is 38.2 Å². The number of halogens is 1. The Morgan fingerprint density at radius 3 is 2.48 bits per heavy atom. The minimum atomic E-state index is -0.712. The summed E-state index contributed by atoms with van der Waals surface area (Å²) in [6.07, 6.45) is -0.783. The number of piperazine rings is 1. The predicted molar refractivity (Wildman–Crippen MR) is 96.8 cm³/mol. The average Bonchev–Trinajstić information content (AvgIpc) is 3.10. The van der Waals surface area contributed by atoms with E-state index in [1.54, 1.807) is 21.9 Å². The topological polar surface area (TPSA) is 71.4 Å². The summed E-state index contributed by atoms with van der Waals surface area (Å²) in [7, 11) is 0. The smallest absolute Gasteiger partial charge is 0.410 e. The van der Waals surface area contributed by atoms with Gasteiger partial charge in [-0.15, -0.1) is 0 Å². The van der Waals surface area contributed by atoms with Crippen LogP contribution in [0.15, 0.2) is 29.4 Å². The number of rotatable bonds is 2. The summed E-state index contributed by atoms with van der Waals surface area (Å²) in [5.41, 5.74) is 0.618. The molecular weight excluding hydrogens is 353 g/mol. The maximum Gasteiger partial charge on any atom is 0.410 e. The van der Waals surface area contributed by atoms with Gasteiger partial charge in [0.25, 0.3) is 5.91 Å². The van der Waals surface area contributed by atoms with E-state index in [4.69, 9.17) is 9.57 Å². The molecule has 0 bridgehead atoms. The van der Waals surface area contributed by atoms with Crippen molar-refractivity contribution in [2.45, 2.75) is 38.9 Å². The molecule has 0 aliphatic carbocycles. The Kier molecular flexibility index (Phi) is 5.34. The van der Waals surface area contributed by atoms with Gasteiger partial charge in [-0.3, -0.25) is 4.79 Å². The molecule has 0 saturated carbocycles. The fourth-order valence-corrected chi connectivity index (χ4v) is 2.99. The first kappa shape index (κ1) is 19.1. The molecule has 0 radical (unpaired) electrons. The van der Waals surface area contributed by atoms with Crippen LogP contribution in [0.3, 0.4) is 0 Å². The first-order valence-corrected chi connectivity index (χ1v) is 8.98. The van der Waals surface area contributed by atoms with E-state index in [9.17, 15) is 14.0 Å². The number of hydrogen-bond acceptors (Lipinski definition) is 5. The number of nitrogens with zero attached hydrogens (tertiary/aromatic N) is 3. The summed E-state index contributed by atoms with van der Waals surface area (Å²) in [5, 5.41) is 3.95. The monoisotopic (exact) mass is 377 g/mol. The molecule has 1 fully saturated rings. The number of hydrogen-bond donors (Lipinski definition) is 0. The molecule has 146 valence electrons. The molecule has 2 heterocycles. The van der Waals surface area contributed by atoms with Gasteiger partial charge in [-0.25, -0.2) is 9.18 Å². The van der Waals surface area contributed by atoms with Crippen molar-refractivity contribution < 1.29 is 23.6 Å². The van der Waals surface area contributed by atoms with Crippen LogP contribution in [0.1, 0.15) is 32.8 Å². The Labute approximate surface area is 157 Å². The van der Waals surface area contributed by atoms with E-state index in [-0.39, 0.29) is 17.8 Å². The van der Waals surface area contributed by atoms with Crippen LogP contribution >= 0.6 is 0 Å². The molecule has 0 aromatic heterocycles. The van der Waals surface area contributed by atoms with Gasteiger partial charge in [0.2, 0.25) is 6.10 Å². The first-order valence-electron chi connectivity index (χ1n) is 8.98. The molecular formula is C19H24FN3O4. The van der Waals surface area contributed by atoms with Gasteiger partial charge in [0.15, 0.2) is 0 Å². The van der Waals surface area contributed by atoms with Crippen LogP contribution in [0.2, 0.25) is 0 Å². The zero-order valence-corrected chi connectivity index (χ0v) is 15.8. The van der Waals surface area contributed by atoms with Gasteiger partial charge in [-0.1, -0.05) is 17.3 Å². The molecule has 0 N–H and O–H groups in total.